The zero-order valence-electron chi connectivity index (χ0n) is 11.5. The first-order valence-corrected chi connectivity index (χ1v) is 8.09. The molecule has 0 bridgehead atoms. The van der Waals surface area contributed by atoms with Gasteiger partial charge in [-0.15, -0.1) is 0 Å². The SMILES string of the molecule is CC(C)C(CN)c1cncn1CC1CCCCS1. The molecule has 2 rings (SSSR count). The van der Waals surface area contributed by atoms with E-state index >= 15 is 0 Å². The molecular formula is C14H25N3S. The molecular weight excluding hydrogens is 242 g/mol. The minimum Gasteiger partial charge on any atom is -0.333 e. The van der Waals surface area contributed by atoms with Gasteiger partial charge in [0.25, 0.3) is 0 Å². The predicted molar refractivity (Wildman–Crippen MR) is 79.0 cm³/mol. The molecule has 1 aromatic heterocycles. The smallest absolute Gasteiger partial charge is 0.0948 e. The Morgan fingerprint density at radius 1 is 1.50 bits per heavy atom. The maximum atomic E-state index is 5.92. The summed E-state index contributed by atoms with van der Waals surface area (Å²) < 4.78 is 2.33. The molecule has 4 heteroatoms. The summed E-state index contributed by atoms with van der Waals surface area (Å²) in [5, 5.41) is 0.761. The standard InChI is InChI=1S/C14H25N3S/c1-11(2)13(7-15)14-8-16-10-17(14)9-12-5-3-4-6-18-12/h8,10-13H,3-7,9,15H2,1-2H3. The lowest BCUT2D eigenvalue weighted by Gasteiger charge is -2.25. The molecule has 1 aliphatic rings. The third kappa shape index (κ3) is 3.29. The van der Waals surface area contributed by atoms with Gasteiger partial charge in [0.15, 0.2) is 0 Å². The summed E-state index contributed by atoms with van der Waals surface area (Å²) in [4.78, 5) is 4.34. The van der Waals surface area contributed by atoms with Crippen LogP contribution in [0, 0.1) is 5.92 Å². The third-order valence-electron chi connectivity index (χ3n) is 3.86. The van der Waals surface area contributed by atoms with Crippen LogP contribution in [0.25, 0.3) is 0 Å². The number of imidazole rings is 1. The molecule has 0 radical (unpaired) electrons. The van der Waals surface area contributed by atoms with Gasteiger partial charge in [0.2, 0.25) is 0 Å². The number of hydrogen-bond donors (Lipinski definition) is 1. The van der Waals surface area contributed by atoms with E-state index in [2.05, 4.69) is 35.2 Å². The predicted octanol–water partition coefficient (Wildman–Crippen LogP) is 2.87. The molecule has 1 aliphatic heterocycles. The number of nitrogens with zero attached hydrogens (tertiary/aromatic N) is 2. The summed E-state index contributed by atoms with van der Waals surface area (Å²) >= 11 is 2.12. The lowest BCUT2D eigenvalue weighted by molar-refractivity contribution is 0.465. The van der Waals surface area contributed by atoms with Gasteiger partial charge in [-0.1, -0.05) is 20.3 Å². The normalized spacial score (nSPS) is 22.3. The van der Waals surface area contributed by atoms with Gasteiger partial charge < -0.3 is 10.3 Å². The van der Waals surface area contributed by atoms with Crippen LogP contribution in [-0.2, 0) is 6.54 Å². The second kappa shape index (κ2) is 6.62. The van der Waals surface area contributed by atoms with Crippen LogP contribution in [0.4, 0.5) is 0 Å². The summed E-state index contributed by atoms with van der Waals surface area (Å²) in [6.07, 6.45) is 8.10. The molecule has 2 N–H and O–H groups in total. The van der Waals surface area contributed by atoms with Gasteiger partial charge in [0, 0.05) is 36.1 Å². The van der Waals surface area contributed by atoms with Gasteiger partial charge in [0.05, 0.1) is 6.33 Å². The van der Waals surface area contributed by atoms with Crippen molar-refractivity contribution >= 4 is 11.8 Å². The number of nitrogens with two attached hydrogens (primary N) is 1. The van der Waals surface area contributed by atoms with E-state index < -0.39 is 0 Å². The van der Waals surface area contributed by atoms with E-state index in [-0.39, 0.29) is 0 Å². The largest absolute Gasteiger partial charge is 0.333 e. The molecule has 0 saturated carbocycles. The van der Waals surface area contributed by atoms with Crippen LogP contribution < -0.4 is 5.73 Å². The Kier molecular flexibility index (Phi) is 5.13. The number of rotatable bonds is 5. The zero-order chi connectivity index (χ0) is 13.0. The molecule has 2 unspecified atom stereocenters. The fourth-order valence-corrected chi connectivity index (χ4v) is 4.00. The first-order chi connectivity index (χ1) is 8.72. The highest BCUT2D eigenvalue weighted by molar-refractivity contribution is 7.99. The van der Waals surface area contributed by atoms with Crippen LogP contribution >= 0.6 is 11.8 Å². The molecule has 2 atom stereocenters. The lowest BCUT2D eigenvalue weighted by atomic mass is 9.93. The average Bonchev–Trinajstić information content (AvgIpc) is 2.79. The number of aromatic nitrogens is 2. The molecule has 0 spiro atoms. The molecule has 18 heavy (non-hydrogen) atoms. The Morgan fingerprint density at radius 3 is 2.94 bits per heavy atom. The minimum absolute atomic E-state index is 0.432. The Hall–Kier alpha value is -0.480. The number of thioether (sulfide) groups is 1. The monoisotopic (exact) mass is 267 g/mol. The number of hydrogen-bond acceptors (Lipinski definition) is 3. The van der Waals surface area contributed by atoms with Crippen molar-refractivity contribution in [1.82, 2.24) is 9.55 Å². The molecule has 0 aromatic carbocycles. The van der Waals surface area contributed by atoms with Crippen molar-refractivity contribution in [2.24, 2.45) is 11.7 Å². The summed E-state index contributed by atoms with van der Waals surface area (Å²) in [6.45, 7) is 6.29. The Bertz CT molecular complexity index is 356. The quantitative estimate of drug-likeness (QED) is 0.892. The van der Waals surface area contributed by atoms with Crippen molar-refractivity contribution < 1.29 is 0 Å². The first kappa shape index (κ1) is 13.9. The molecule has 0 amide bonds. The molecule has 1 saturated heterocycles. The molecule has 102 valence electrons. The first-order valence-electron chi connectivity index (χ1n) is 7.04. The topological polar surface area (TPSA) is 43.8 Å². The third-order valence-corrected chi connectivity index (χ3v) is 5.24. The van der Waals surface area contributed by atoms with Crippen LogP contribution in [0.2, 0.25) is 0 Å². The highest BCUT2D eigenvalue weighted by atomic mass is 32.2. The van der Waals surface area contributed by atoms with Crippen molar-refractivity contribution in [2.45, 2.75) is 50.8 Å². The summed E-state index contributed by atoms with van der Waals surface area (Å²) in [7, 11) is 0. The van der Waals surface area contributed by atoms with Crippen LogP contribution in [0.15, 0.2) is 12.5 Å². The van der Waals surface area contributed by atoms with Crippen LogP contribution in [0.1, 0.15) is 44.7 Å². The van der Waals surface area contributed by atoms with Crippen molar-refractivity contribution in [1.29, 1.82) is 0 Å². The zero-order valence-corrected chi connectivity index (χ0v) is 12.3. The van der Waals surface area contributed by atoms with Gasteiger partial charge in [-0.05, 0) is 24.5 Å². The van der Waals surface area contributed by atoms with Gasteiger partial charge in [-0.3, -0.25) is 0 Å². The fraction of sp³-hybridized carbons (Fsp3) is 0.786. The van der Waals surface area contributed by atoms with E-state index in [0.29, 0.717) is 18.4 Å². The Labute approximate surface area is 115 Å². The maximum Gasteiger partial charge on any atom is 0.0948 e. The molecule has 1 fully saturated rings. The molecule has 0 aliphatic carbocycles. The second-order valence-electron chi connectivity index (χ2n) is 5.55. The van der Waals surface area contributed by atoms with E-state index in [1.165, 1.54) is 30.7 Å². The summed E-state index contributed by atoms with van der Waals surface area (Å²) in [5.74, 6) is 2.32. The van der Waals surface area contributed by atoms with Crippen molar-refractivity contribution in [3.63, 3.8) is 0 Å². The Balaban J connectivity index is 2.06. The van der Waals surface area contributed by atoms with Gasteiger partial charge in [0.1, 0.15) is 0 Å². The van der Waals surface area contributed by atoms with Gasteiger partial charge in [-0.2, -0.15) is 11.8 Å². The van der Waals surface area contributed by atoms with Crippen LogP contribution in [0.3, 0.4) is 0 Å². The van der Waals surface area contributed by atoms with Gasteiger partial charge in [-0.25, -0.2) is 4.98 Å². The van der Waals surface area contributed by atoms with E-state index in [4.69, 9.17) is 5.73 Å². The van der Waals surface area contributed by atoms with E-state index in [9.17, 15) is 0 Å². The maximum absolute atomic E-state index is 5.92. The summed E-state index contributed by atoms with van der Waals surface area (Å²) in [5.41, 5.74) is 7.24. The lowest BCUT2D eigenvalue weighted by Crippen LogP contribution is -2.24. The van der Waals surface area contributed by atoms with E-state index in [1.807, 2.05) is 12.5 Å². The fourth-order valence-electron chi connectivity index (χ4n) is 2.70. The minimum atomic E-state index is 0.432. The van der Waals surface area contributed by atoms with Gasteiger partial charge >= 0.3 is 0 Å². The van der Waals surface area contributed by atoms with Crippen LogP contribution in [0.5, 0.6) is 0 Å². The Morgan fingerprint density at radius 2 is 2.33 bits per heavy atom. The van der Waals surface area contributed by atoms with E-state index in [0.717, 1.165) is 11.8 Å². The molecule has 3 nitrogen and oxygen atoms in total. The average molecular weight is 267 g/mol. The molecule has 2 heterocycles. The van der Waals surface area contributed by atoms with E-state index in [1.54, 1.807) is 0 Å². The van der Waals surface area contributed by atoms with Crippen molar-refractivity contribution in [2.75, 3.05) is 12.3 Å². The van der Waals surface area contributed by atoms with Crippen molar-refractivity contribution in [3.05, 3.63) is 18.2 Å². The second-order valence-corrected chi connectivity index (χ2v) is 6.95. The molecule has 1 aromatic rings. The van der Waals surface area contributed by atoms with Crippen molar-refractivity contribution in [3.8, 4) is 0 Å². The van der Waals surface area contributed by atoms with Crippen LogP contribution in [-0.4, -0.2) is 27.1 Å². The summed E-state index contributed by atoms with van der Waals surface area (Å²) in [6, 6.07) is 0. The highest BCUT2D eigenvalue weighted by Gasteiger charge is 2.21. The highest BCUT2D eigenvalue weighted by Crippen LogP contribution is 2.29.